The predicted octanol–water partition coefficient (Wildman–Crippen LogP) is 1.95. The van der Waals surface area contributed by atoms with Crippen LogP contribution in [-0.4, -0.2) is 4.98 Å². The van der Waals surface area contributed by atoms with Crippen LogP contribution in [-0.2, 0) is 6.42 Å². The Kier molecular flexibility index (Phi) is 1.83. The first-order valence-corrected chi connectivity index (χ1v) is 3.24. The Morgan fingerprint density at radius 1 is 1.56 bits per heavy atom. The fourth-order valence-electron chi connectivity index (χ4n) is 0.899. The summed E-state index contributed by atoms with van der Waals surface area (Å²) in [7, 11) is 0. The van der Waals surface area contributed by atoms with Gasteiger partial charge in [0.2, 0.25) is 0 Å². The van der Waals surface area contributed by atoms with Crippen molar-refractivity contribution >= 4 is 0 Å². The average Bonchev–Trinajstić information content (AvgIpc) is 1.89. The molecule has 0 saturated heterocycles. The number of hydrogen-bond donors (Lipinski definition) is 0. The summed E-state index contributed by atoms with van der Waals surface area (Å²) in [4.78, 5) is 3.99. The van der Waals surface area contributed by atoms with Crippen molar-refractivity contribution in [1.82, 2.24) is 4.98 Å². The van der Waals surface area contributed by atoms with E-state index in [1.807, 2.05) is 12.4 Å². The van der Waals surface area contributed by atoms with Gasteiger partial charge in [-0.3, -0.25) is 4.98 Å². The fourth-order valence-corrected chi connectivity index (χ4v) is 0.899. The summed E-state index contributed by atoms with van der Waals surface area (Å²) in [6.07, 6.45) is 4.85. The molecule has 0 aromatic carbocycles. The minimum absolute atomic E-state index is 1.11. The third-order valence-corrected chi connectivity index (χ3v) is 1.52. The number of pyridine rings is 1. The van der Waals surface area contributed by atoms with Crippen LogP contribution in [0.5, 0.6) is 0 Å². The number of hydrogen-bond acceptors (Lipinski definition) is 1. The quantitative estimate of drug-likeness (QED) is 0.553. The van der Waals surface area contributed by atoms with E-state index in [4.69, 9.17) is 0 Å². The number of aryl methyl sites for hydroxylation is 2. The second kappa shape index (κ2) is 2.62. The van der Waals surface area contributed by atoms with E-state index in [1.54, 1.807) is 0 Å². The molecule has 0 aliphatic heterocycles. The minimum atomic E-state index is 1.11. The molecule has 1 heterocycles. The lowest BCUT2D eigenvalue weighted by atomic mass is 10.1. The maximum Gasteiger partial charge on any atom is 0.0299 e. The summed E-state index contributed by atoms with van der Waals surface area (Å²) < 4.78 is 0. The summed E-state index contributed by atoms with van der Waals surface area (Å²) in [5.41, 5.74) is 2.69. The molecule has 48 valence electrons. The van der Waals surface area contributed by atoms with Gasteiger partial charge in [0, 0.05) is 12.4 Å². The zero-order chi connectivity index (χ0) is 6.69. The molecule has 0 bridgehead atoms. The fraction of sp³-hybridized carbons (Fsp3) is 0.375. The lowest BCUT2D eigenvalue weighted by Gasteiger charge is -1.97. The van der Waals surface area contributed by atoms with Crippen LogP contribution in [0.15, 0.2) is 18.5 Å². The van der Waals surface area contributed by atoms with Crippen LogP contribution >= 0.6 is 0 Å². The van der Waals surface area contributed by atoms with E-state index in [9.17, 15) is 0 Å². The van der Waals surface area contributed by atoms with Crippen molar-refractivity contribution in [3.8, 4) is 0 Å². The van der Waals surface area contributed by atoms with Gasteiger partial charge in [0.1, 0.15) is 0 Å². The molecular formula is C8H11N. The van der Waals surface area contributed by atoms with Gasteiger partial charge in [0.05, 0.1) is 0 Å². The normalized spacial score (nSPS) is 9.56. The van der Waals surface area contributed by atoms with Gasteiger partial charge in [-0.05, 0) is 30.5 Å². The van der Waals surface area contributed by atoms with Gasteiger partial charge in [0.25, 0.3) is 0 Å². The molecule has 0 N–H and O–H groups in total. The van der Waals surface area contributed by atoms with E-state index < -0.39 is 0 Å². The number of rotatable bonds is 1. The highest BCUT2D eigenvalue weighted by Crippen LogP contribution is 2.03. The molecule has 0 amide bonds. The molecular weight excluding hydrogens is 110 g/mol. The van der Waals surface area contributed by atoms with E-state index in [1.165, 1.54) is 11.1 Å². The molecule has 0 atom stereocenters. The van der Waals surface area contributed by atoms with Crippen LogP contribution in [0, 0.1) is 6.92 Å². The van der Waals surface area contributed by atoms with Gasteiger partial charge in [-0.25, -0.2) is 0 Å². The van der Waals surface area contributed by atoms with Crippen molar-refractivity contribution in [2.75, 3.05) is 0 Å². The van der Waals surface area contributed by atoms with Gasteiger partial charge in [-0.15, -0.1) is 0 Å². The third-order valence-electron chi connectivity index (χ3n) is 1.52. The van der Waals surface area contributed by atoms with E-state index in [2.05, 4.69) is 24.9 Å². The van der Waals surface area contributed by atoms with Crippen molar-refractivity contribution in [2.24, 2.45) is 0 Å². The van der Waals surface area contributed by atoms with Crippen molar-refractivity contribution in [1.29, 1.82) is 0 Å². The lowest BCUT2D eigenvalue weighted by Crippen LogP contribution is -1.85. The molecule has 1 nitrogen and oxygen atoms in total. The molecule has 1 aromatic rings. The van der Waals surface area contributed by atoms with E-state index in [0.29, 0.717) is 0 Å². The molecule has 9 heavy (non-hydrogen) atoms. The molecule has 0 fully saturated rings. The van der Waals surface area contributed by atoms with E-state index >= 15 is 0 Å². The van der Waals surface area contributed by atoms with Gasteiger partial charge in [-0.1, -0.05) is 6.92 Å². The molecule has 1 rings (SSSR count). The molecule has 1 heteroatoms. The highest BCUT2D eigenvalue weighted by atomic mass is 14.6. The monoisotopic (exact) mass is 121 g/mol. The summed E-state index contributed by atoms with van der Waals surface area (Å²) in [6.45, 7) is 4.24. The summed E-state index contributed by atoms with van der Waals surface area (Å²) >= 11 is 0. The Balaban J connectivity index is 3.01. The van der Waals surface area contributed by atoms with Crippen molar-refractivity contribution in [3.63, 3.8) is 0 Å². The van der Waals surface area contributed by atoms with Crippen LogP contribution in [0.1, 0.15) is 18.1 Å². The summed E-state index contributed by atoms with van der Waals surface area (Å²) in [6, 6.07) is 2.06. The van der Waals surface area contributed by atoms with Gasteiger partial charge >= 0.3 is 0 Å². The molecule has 0 unspecified atom stereocenters. The van der Waals surface area contributed by atoms with Crippen LogP contribution in [0.2, 0.25) is 0 Å². The first kappa shape index (κ1) is 6.27. The van der Waals surface area contributed by atoms with Crippen LogP contribution < -0.4 is 0 Å². The molecule has 0 spiro atoms. The standard InChI is InChI=1S/C8H11N/c1-3-8-4-5-9-6-7(8)2/h4-6H,3H2,1-2H3. The van der Waals surface area contributed by atoms with Crippen molar-refractivity contribution in [3.05, 3.63) is 29.6 Å². The van der Waals surface area contributed by atoms with Crippen LogP contribution in [0.4, 0.5) is 0 Å². The van der Waals surface area contributed by atoms with Gasteiger partial charge < -0.3 is 0 Å². The SMILES string of the molecule is CCc1ccncc1C. The second-order valence-corrected chi connectivity index (χ2v) is 2.16. The Hall–Kier alpha value is -0.850. The molecule has 0 saturated carbocycles. The summed E-state index contributed by atoms with van der Waals surface area (Å²) in [5.74, 6) is 0. The molecule has 0 aliphatic carbocycles. The molecule has 0 radical (unpaired) electrons. The van der Waals surface area contributed by atoms with Crippen LogP contribution in [0.25, 0.3) is 0 Å². The Morgan fingerprint density at radius 3 is 2.78 bits per heavy atom. The maximum absolute atomic E-state index is 3.99. The van der Waals surface area contributed by atoms with Gasteiger partial charge in [0.15, 0.2) is 0 Å². The third kappa shape index (κ3) is 1.28. The maximum atomic E-state index is 3.99. The average molecular weight is 121 g/mol. The van der Waals surface area contributed by atoms with Crippen molar-refractivity contribution < 1.29 is 0 Å². The Labute approximate surface area is 55.7 Å². The zero-order valence-electron chi connectivity index (χ0n) is 5.89. The highest BCUT2D eigenvalue weighted by molar-refractivity contribution is 5.20. The Morgan fingerprint density at radius 2 is 2.33 bits per heavy atom. The first-order chi connectivity index (χ1) is 4.34. The highest BCUT2D eigenvalue weighted by Gasteiger charge is 1.90. The molecule has 0 aliphatic rings. The number of aromatic nitrogens is 1. The topological polar surface area (TPSA) is 12.9 Å². The van der Waals surface area contributed by atoms with Crippen molar-refractivity contribution in [2.45, 2.75) is 20.3 Å². The predicted molar refractivity (Wildman–Crippen MR) is 38.4 cm³/mol. The first-order valence-electron chi connectivity index (χ1n) is 3.24. The Bertz CT molecular complexity index is 194. The lowest BCUT2D eigenvalue weighted by molar-refractivity contribution is 1.08. The van der Waals surface area contributed by atoms with Crippen LogP contribution in [0.3, 0.4) is 0 Å². The minimum Gasteiger partial charge on any atom is -0.264 e. The molecule has 1 aromatic heterocycles. The van der Waals surface area contributed by atoms with E-state index in [-0.39, 0.29) is 0 Å². The number of nitrogens with zero attached hydrogens (tertiary/aromatic N) is 1. The second-order valence-electron chi connectivity index (χ2n) is 2.16. The summed E-state index contributed by atoms with van der Waals surface area (Å²) in [5, 5.41) is 0. The zero-order valence-corrected chi connectivity index (χ0v) is 5.89. The van der Waals surface area contributed by atoms with Gasteiger partial charge in [-0.2, -0.15) is 0 Å². The van der Waals surface area contributed by atoms with E-state index in [0.717, 1.165) is 6.42 Å². The largest absolute Gasteiger partial charge is 0.264 e. The smallest absolute Gasteiger partial charge is 0.0299 e.